The van der Waals surface area contributed by atoms with Crippen LogP contribution in [0.25, 0.3) is 5.57 Å². The first-order valence-electron chi connectivity index (χ1n) is 6.93. The summed E-state index contributed by atoms with van der Waals surface area (Å²) < 4.78 is 5.41. The molecule has 0 aliphatic heterocycles. The van der Waals surface area contributed by atoms with Crippen LogP contribution in [0.15, 0.2) is 30.8 Å². The van der Waals surface area contributed by atoms with Crippen LogP contribution in [-0.4, -0.2) is 23.7 Å². The summed E-state index contributed by atoms with van der Waals surface area (Å²) in [5.41, 5.74) is 0.612. The minimum absolute atomic E-state index is 0.279. The molecule has 0 aliphatic rings. The lowest BCUT2D eigenvalue weighted by molar-refractivity contribution is -0.161. The quantitative estimate of drug-likeness (QED) is 0.833. The van der Waals surface area contributed by atoms with Crippen molar-refractivity contribution in [2.75, 3.05) is 6.54 Å². The Kier molecular flexibility index (Phi) is 5.60. The molecular formula is C17H24ClNO2. The standard InChI is InChI=1S/C17H24ClNO2/c1-12(13-7-9-14(18)10-8-13)11-19-17(5,6)15(20)21-16(2,3)4/h7-10,19H,1,11H2,2-6H3. The maximum absolute atomic E-state index is 12.1. The van der Waals surface area contributed by atoms with Crippen LogP contribution in [0.5, 0.6) is 0 Å². The van der Waals surface area contributed by atoms with Gasteiger partial charge in [0.2, 0.25) is 0 Å². The second kappa shape index (κ2) is 6.63. The minimum Gasteiger partial charge on any atom is -0.459 e. The van der Waals surface area contributed by atoms with E-state index in [0.717, 1.165) is 11.1 Å². The van der Waals surface area contributed by atoms with E-state index in [9.17, 15) is 4.79 Å². The summed E-state index contributed by atoms with van der Waals surface area (Å²) in [5, 5.41) is 3.88. The van der Waals surface area contributed by atoms with Crippen LogP contribution in [0.2, 0.25) is 5.02 Å². The molecule has 0 aromatic heterocycles. The lowest BCUT2D eigenvalue weighted by Crippen LogP contribution is -2.50. The van der Waals surface area contributed by atoms with Crippen molar-refractivity contribution in [1.82, 2.24) is 5.32 Å². The van der Waals surface area contributed by atoms with Crippen molar-refractivity contribution in [3.63, 3.8) is 0 Å². The molecule has 3 nitrogen and oxygen atoms in total. The van der Waals surface area contributed by atoms with Crippen LogP contribution in [0, 0.1) is 0 Å². The van der Waals surface area contributed by atoms with E-state index in [1.807, 2.05) is 45.0 Å². The molecule has 0 amide bonds. The van der Waals surface area contributed by atoms with E-state index in [4.69, 9.17) is 16.3 Å². The number of hydrogen-bond donors (Lipinski definition) is 1. The Morgan fingerprint density at radius 2 is 1.71 bits per heavy atom. The van der Waals surface area contributed by atoms with E-state index < -0.39 is 11.1 Å². The topological polar surface area (TPSA) is 38.3 Å². The van der Waals surface area contributed by atoms with Gasteiger partial charge >= 0.3 is 5.97 Å². The Morgan fingerprint density at radius 3 is 2.19 bits per heavy atom. The van der Waals surface area contributed by atoms with Gasteiger partial charge in [0.25, 0.3) is 0 Å². The van der Waals surface area contributed by atoms with Crippen LogP contribution in [0.4, 0.5) is 0 Å². The molecule has 0 aliphatic carbocycles. The molecule has 4 heteroatoms. The maximum atomic E-state index is 12.1. The van der Waals surface area contributed by atoms with E-state index in [-0.39, 0.29) is 5.97 Å². The highest BCUT2D eigenvalue weighted by Gasteiger charge is 2.32. The summed E-state index contributed by atoms with van der Waals surface area (Å²) >= 11 is 5.86. The van der Waals surface area contributed by atoms with Gasteiger partial charge in [-0.2, -0.15) is 0 Å². The van der Waals surface area contributed by atoms with Crippen molar-refractivity contribution in [1.29, 1.82) is 0 Å². The fraction of sp³-hybridized carbons (Fsp3) is 0.471. The Morgan fingerprint density at radius 1 is 1.19 bits per heavy atom. The van der Waals surface area contributed by atoms with E-state index in [1.165, 1.54) is 0 Å². The van der Waals surface area contributed by atoms with Gasteiger partial charge in [0.15, 0.2) is 0 Å². The molecule has 0 unspecified atom stereocenters. The molecule has 0 saturated carbocycles. The first-order valence-corrected chi connectivity index (χ1v) is 7.31. The first kappa shape index (κ1) is 17.7. The number of carbonyl (C=O) groups is 1. The molecule has 0 radical (unpaired) electrons. The normalized spacial score (nSPS) is 12.1. The number of hydrogen-bond acceptors (Lipinski definition) is 3. The SMILES string of the molecule is C=C(CNC(C)(C)C(=O)OC(C)(C)C)c1ccc(Cl)cc1. The third kappa shape index (κ3) is 5.90. The van der Waals surface area contributed by atoms with Gasteiger partial charge in [0, 0.05) is 11.6 Å². The Bertz CT molecular complexity index is 513. The third-order valence-corrected chi connectivity index (χ3v) is 3.16. The van der Waals surface area contributed by atoms with E-state index >= 15 is 0 Å². The third-order valence-electron chi connectivity index (χ3n) is 2.91. The van der Waals surface area contributed by atoms with Gasteiger partial charge in [-0.15, -0.1) is 0 Å². The Balaban J connectivity index is 2.62. The second-order valence-electron chi connectivity index (χ2n) is 6.59. The van der Waals surface area contributed by atoms with E-state index in [1.54, 1.807) is 13.8 Å². The predicted octanol–water partition coefficient (Wildman–Crippen LogP) is 4.06. The van der Waals surface area contributed by atoms with Crippen molar-refractivity contribution in [3.05, 3.63) is 41.4 Å². The first-order chi connectivity index (χ1) is 9.51. The molecule has 0 fully saturated rings. The van der Waals surface area contributed by atoms with Crippen molar-refractivity contribution in [2.45, 2.75) is 45.8 Å². The number of esters is 1. The molecule has 116 valence electrons. The van der Waals surface area contributed by atoms with E-state index in [2.05, 4.69) is 11.9 Å². The number of carbonyl (C=O) groups excluding carboxylic acids is 1. The van der Waals surface area contributed by atoms with Gasteiger partial charge in [-0.1, -0.05) is 30.3 Å². The minimum atomic E-state index is -0.775. The van der Waals surface area contributed by atoms with Gasteiger partial charge in [-0.3, -0.25) is 10.1 Å². The molecule has 0 bridgehead atoms. The molecular weight excluding hydrogens is 286 g/mol. The molecule has 1 aromatic carbocycles. The lowest BCUT2D eigenvalue weighted by Gasteiger charge is -2.29. The Labute approximate surface area is 132 Å². The van der Waals surface area contributed by atoms with Gasteiger partial charge < -0.3 is 4.74 Å². The number of rotatable bonds is 5. The van der Waals surface area contributed by atoms with Crippen molar-refractivity contribution >= 4 is 23.1 Å². The fourth-order valence-corrected chi connectivity index (χ4v) is 1.72. The van der Waals surface area contributed by atoms with Gasteiger partial charge in [-0.25, -0.2) is 0 Å². The summed E-state index contributed by atoms with van der Waals surface area (Å²) in [4.78, 5) is 12.1. The average Bonchev–Trinajstić information content (AvgIpc) is 2.35. The highest BCUT2D eigenvalue weighted by Crippen LogP contribution is 2.18. The molecule has 21 heavy (non-hydrogen) atoms. The van der Waals surface area contributed by atoms with Crippen LogP contribution < -0.4 is 5.32 Å². The van der Waals surface area contributed by atoms with Crippen molar-refractivity contribution < 1.29 is 9.53 Å². The van der Waals surface area contributed by atoms with Crippen LogP contribution in [0.3, 0.4) is 0 Å². The van der Waals surface area contributed by atoms with Crippen molar-refractivity contribution in [3.8, 4) is 0 Å². The van der Waals surface area contributed by atoms with Gasteiger partial charge in [0.05, 0.1) is 0 Å². The maximum Gasteiger partial charge on any atom is 0.326 e. The zero-order valence-electron chi connectivity index (χ0n) is 13.4. The number of nitrogens with one attached hydrogen (secondary N) is 1. The van der Waals surface area contributed by atoms with Crippen LogP contribution >= 0.6 is 11.6 Å². The summed E-state index contributed by atoms with van der Waals surface area (Å²) in [7, 11) is 0. The summed E-state index contributed by atoms with van der Waals surface area (Å²) in [5.74, 6) is -0.279. The van der Waals surface area contributed by atoms with Crippen molar-refractivity contribution in [2.24, 2.45) is 0 Å². The number of halogens is 1. The molecule has 0 saturated heterocycles. The Hall–Kier alpha value is -1.32. The lowest BCUT2D eigenvalue weighted by atomic mass is 10.0. The largest absolute Gasteiger partial charge is 0.459 e. The smallest absolute Gasteiger partial charge is 0.326 e. The molecule has 1 rings (SSSR count). The zero-order valence-corrected chi connectivity index (χ0v) is 14.2. The molecule has 0 heterocycles. The zero-order chi connectivity index (χ0) is 16.3. The molecule has 0 atom stereocenters. The molecule has 1 aromatic rings. The number of benzene rings is 1. The monoisotopic (exact) mass is 309 g/mol. The van der Waals surface area contributed by atoms with Crippen LogP contribution in [0.1, 0.15) is 40.2 Å². The highest BCUT2D eigenvalue weighted by atomic mass is 35.5. The summed E-state index contributed by atoms with van der Waals surface area (Å²) in [6, 6.07) is 7.46. The molecule has 1 N–H and O–H groups in total. The average molecular weight is 310 g/mol. The van der Waals surface area contributed by atoms with Crippen LogP contribution in [-0.2, 0) is 9.53 Å². The highest BCUT2D eigenvalue weighted by molar-refractivity contribution is 6.30. The predicted molar refractivity (Wildman–Crippen MR) is 88.4 cm³/mol. The summed E-state index contributed by atoms with van der Waals surface area (Å²) in [6.45, 7) is 13.7. The second-order valence-corrected chi connectivity index (χ2v) is 7.03. The summed E-state index contributed by atoms with van der Waals surface area (Å²) in [6.07, 6.45) is 0. The fourth-order valence-electron chi connectivity index (χ4n) is 1.59. The molecule has 0 spiro atoms. The van der Waals surface area contributed by atoms with E-state index in [0.29, 0.717) is 11.6 Å². The van der Waals surface area contributed by atoms with Gasteiger partial charge in [0.1, 0.15) is 11.1 Å². The number of ether oxygens (including phenoxy) is 1. The van der Waals surface area contributed by atoms with Gasteiger partial charge in [-0.05, 0) is 57.9 Å².